The smallest absolute Gasteiger partial charge is 0.228 e. The summed E-state index contributed by atoms with van der Waals surface area (Å²) >= 11 is 0. The molecule has 0 saturated carbocycles. The average Bonchev–Trinajstić information content (AvgIpc) is 3.36. The van der Waals surface area contributed by atoms with Gasteiger partial charge in [-0.3, -0.25) is 0 Å². The van der Waals surface area contributed by atoms with E-state index in [9.17, 15) is 5.26 Å². The van der Waals surface area contributed by atoms with Crippen molar-refractivity contribution in [2.45, 2.75) is 26.2 Å². The van der Waals surface area contributed by atoms with Crippen molar-refractivity contribution in [3.8, 4) is 28.7 Å². The molecule has 136 valence electrons. The molecule has 0 N–H and O–H groups in total. The summed E-state index contributed by atoms with van der Waals surface area (Å²) in [4.78, 5) is 7.27. The van der Waals surface area contributed by atoms with E-state index in [0.29, 0.717) is 11.5 Å². The van der Waals surface area contributed by atoms with E-state index in [1.165, 1.54) is 25.9 Å². The van der Waals surface area contributed by atoms with Crippen molar-refractivity contribution in [1.82, 2.24) is 9.88 Å². The van der Waals surface area contributed by atoms with Crippen molar-refractivity contribution < 1.29 is 4.42 Å². The van der Waals surface area contributed by atoms with E-state index < -0.39 is 0 Å². The van der Waals surface area contributed by atoms with Gasteiger partial charge in [-0.1, -0.05) is 42.5 Å². The lowest BCUT2D eigenvalue weighted by molar-refractivity contribution is 0.341. The Morgan fingerprint density at radius 1 is 1.07 bits per heavy atom. The number of benzene rings is 2. The third-order valence-corrected chi connectivity index (χ3v) is 5.24. The Balaban J connectivity index is 1.71. The lowest BCUT2D eigenvalue weighted by Crippen LogP contribution is -2.22. The van der Waals surface area contributed by atoms with E-state index >= 15 is 0 Å². The van der Waals surface area contributed by atoms with Crippen molar-refractivity contribution in [2.75, 3.05) is 19.6 Å². The fourth-order valence-electron chi connectivity index (χ4n) is 3.77. The number of nitrogens with zero attached hydrogens (tertiary/aromatic N) is 3. The molecule has 1 fully saturated rings. The summed E-state index contributed by atoms with van der Waals surface area (Å²) in [5, 5.41) is 9.65. The Labute approximate surface area is 160 Å². The Kier molecular flexibility index (Phi) is 5.04. The zero-order valence-corrected chi connectivity index (χ0v) is 15.6. The zero-order chi connectivity index (χ0) is 18.6. The lowest BCUT2D eigenvalue weighted by atomic mass is 9.96. The number of aryl methyl sites for hydroxylation is 1. The first-order valence-corrected chi connectivity index (χ1v) is 9.54. The summed E-state index contributed by atoms with van der Waals surface area (Å²) in [6.07, 6.45) is 3.46. The summed E-state index contributed by atoms with van der Waals surface area (Å²) in [6.45, 7) is 5.34. The summed E-state index contributed by atoms with van der Waals surface area (Å²) in [7, 11) is 0. The number of nitriles is 1. The largest absolute Gasteiger partial charge is 0.441 e. The number of oxazole rings is 1. The van der Waals surface area contributed by atoms with E-state index in [4.69, 9.17) is 9.40 Å². The highest BCUT2D eigenvalue weighted by Crippen LogP contribution is 2.35. The van der Waals surface area contributed by atoms with Gasteiger partial charge in [-0.25, -0.2) is 4.98 Å². The van der Waals surface area contributed by atoms with Gasteiger partial charge >= 0.3 is 0 Å². The van der Waals surface area contributed by atoms with Gasteiger partial charge in [-0.15, -0.1) is 0 Å². The molecule has 0 radical (unpaired) electrons. The third kappa shape index (κ3) is 3.65. The molecule has 1 aromatic heterocycles. The molecule has 27 heavy (non-hydrogen) atoms. The van der Waals surface area contributed by atoms with Crippen molar-refractivity contribution in [1.29, 1.82) is 5.26 Å². The third-order valence-electron chi connectivity index (χ3n) is 5.24. The maximum Gasteiger partial charge on any atom is 0.228 e. The van der Waals surface area contributed by atoms with Crippen LogP contribution in [-0.4, -0.2) is 29.5 Å². The molecule has 3 aromatic rings. The maximum absolute atomic E-state index is 9.65. The SMILES string of the molecule is Cc1oc(-c2c(C#N)cccc2-c2ccccc2)nc1CCN1CCCC1. The quantitative estimate of drug-likeness (QED) is 0.656. The van der Waals surface area contributed by atoms with Gasteiger partial charge in [0.1, 0.15) is 5.76 Å². The molecule has 0 spiro atoms. The van der Waals surface area contributed by atoms with Crippen LogP contribution in [0.3, 0.4) is 0 Å². The molecule has 0 bridgehead atoms. The van der Waals surface area contributed by atoms with Crippen LogP contribution in [0.4, 0.5) is 0 Å². The van der Waals surface area contributed by atoms with Crippen LogP contribution < -0.4 is 0 Å². The predicted molar refractivity (Wildman–Crippen MR) is 106 cm³/mol. The second kappa shape index (κ2) is 7.77. The number of hydrogen-bond donors (Lipinski definition) is 0. The van der Waals surface area contributed by atoms with Crippen molar-refractivity contribution >= 4 is 0 Å². The second-order valence-corrected chi connectivity index (χ2v) is 7.03. The molecule has 0 atom stereocenters. The van der Waals surface area contributed by atoms with Crippen molar-refractivity contribution in [3.63, 3.8) is 0 Å². The molecular weight excluding hydrogens is 334 g/mol. The highest BCUT2D eigenvalue weighted by Gasteiger charge is 2.20. The fourth-order valence-corrected chi connectivity index (χ4v) is 3.77. The molecule has 2 heterocycles. The second-order valence-electron chi connectivity index (χ2n) is 7.03. The van der Waals surface area contributed by atoms with Gasteiger partial charge in [-0.2, -0.15) is 5.26 Å². The molecule has 4 rings (SSSR count). The van der Waals surface area contributed by atoms with Gasteiger partial charge in [0, 0.05) is 13.0 Å². The molecular formula is C23H23N3O. The molecule has 0 amide bonds. The van der Waals surface area contributed by atoms with Crippen LogP contribution in [0.5, 0.6) is 0 Å². The van der Waals surface area contributed by atoms with Crippen molar-refractivity contribution in [3.05, 3.63) is 65.5 Å². The summed E-state index contributed by atoms with van der Waals surface area (Å²) in [5.74, 6) is 1.39. The van der Waals surface area contributed by atoms with Crippen LogP contribution in [0, 0.1) is 18.3 Å². The van der Waals surface area contributed by atoms with Gasteiger partial charge in [0.2, 0.25) is 5.89 Å². The highest BCUT2D eigenvalue weighted by molar-refractivity contribution is 5.84. The summed E-state index contributed by atoms with van der Waals surface area (Å²) in [6, 6.07) is 18.1. The topological polar surface area (TPSA) is 53.1 Å². The van der Waals surface area contributed by atoms with Crippen molar-refractivity contribution in [2.24, 2.45) is 0 Å². The van der Waals surface area contributed by atoms with E-state index in [2.05, 4.69) is 11.0 Å². The van der Waals surface area contributed by atoms with Gasteiger partial charge in [0.05, 0.1) is 22.9 Å². The first-order valence-electron chi connectivity index (χ1n) is 9.54. The molecule has 1 saturated heterocycles. The normalized spacial score (nSPS) is 14.4. The number of hydrogen-bond acceptors (Lipinski definition) is 4. The molecule has 4 heteroatoms. The summed E-state index contributed by atoms with van der Waals surface area (Å²) < 4.78 is 6.04. The number of likely N-dealkylation sites (tertiary alicyclic amines) is 1. The average molecular weight is 357 g/mol. The number of rotatable bonds is 5. The van der Waals surface area contributed by atoms with E-state index in [1.54, 1.807) is 0 Å². The monoisotopic (exact) mass is 357 g/mol. The standard InChI is InChI=1S/C23H23N3O/c1-17-21(12-15-26-13-5-6-14-26)25-23(27-17)22-19(16-24)10-7-11-20(22)18-8-3-2-4-9-18/h2-4,7-11H,5-6,12-15H2,1H3. The fraction of sp³-hybridized carbons (Fsp3) is 0.304. The Morgan fingerprint density at radius 2 is 1.85 bits per heavy atom. The molecule has 0 unspecified atom stereocenters. The molecule has 1 aliphatic heterocycles. The minimum absolute atomic E-state index is 0.542. The Bertz CT molecular complexity index is 963. The van der Waals surface area contributed by atoms with E-state index in [0.717, 1.165) is 41.1 Å². The van der Waals surface area contributed by atoms with E-state index in [-0.39, 0.29) is 0 Å². The van der Waals surface area contributed by atoms with Crippen LogP contribution in [0.25, 0.3) is 22.6 Å². The van der Waals surface area contributed by atoms with Crippen LogP contribution >= 0.6 is 0 Å². The van der Waals surface area contributed by atoms with E-state index in [1.807, 2.05) is 55.5 Å². The van der Waals surface area contributed by atoms with Gasteiger partial charge in [-0.05, 0) is 50.0 Å². The Hall–Kier alpha value is -2.90. The molecule has 4 nitrogen and oxygen atoms in total. The Morgan fingerprint density at radius 3 is 2.59 bits per heavy atom. The highest BCUT2D eigenvalue weighted by atomic mass is 16.4. The minimum Gasteiger partial charge on any atom is -0.441 e. The molecule has 2 aromatic carbocycles. The zero-order valence-electron chi connectivity index (χ0n) is 15.6. The molecule has 1 aliphatic rings. The van der Waals surface area contributed by atoms with Gasteiger partial charge in [0.15, 0.2) is 0 Å². The van der Waals surface area contributed by atoms with Gasteiger partial charge in [0.25, 0.3) is 0 Å². The first kappa shape index (κ1) is 17.5. The minimum atomic E-state index is 0.542. The van der Waals surface area contributed by atoms with Gasteiger partial charge < -0.3 is 9.32 Å². The lowest BCUT2D eigenvalue weighted by Gasteiger charge is -2.12. The van der Waals surface area contributed by atoms with Crippen LogP contribution in [0.15, 0.2) is 52.9 Å². The van der Waals surface area contributed by atoms with Crippen LogP contribution in [-0.2, 0) is 6.42 Å². The number of aromatic nitrogens is 1. The summed E-state index contributed by atoms with van der Waals surface area (Å²) in [5.41, 5.74) is 4.38. The van der Waals surface area contributed by atoms with Crippen LogP contribution in [0.2, 0.25) is 0 Å². The molecule has 0 aliphatic carbocycles. The predicted octanol–water partition coefficient (Wildman–Crippen LogP) is 4.83. The first-order chi connectivity index (χ1) is 13.3. The maximum atomic E-state index is 9.65. The van der Waals surface area contributed by atoms with Crippen LogP contribution in [0.1, 0.15) is 29.9 Å².